The van der Waals surface area contributed by atoms with Crippen LogP contribution in [0.3, 0.4) is 0 Å². The van der Waals surface area contributed by atoms with Gasteiger partial charge in [0.05, 0.1) is 5.69 Å². The van der Waals surface area contributed by atoms with Crippen LogP contribution in [0, 0.1) is 0 Å². The number of fused-ring (bicyclic) bond motifs is 1. The molecule has 4 rings (SSSR count). The predicted molar refractivity (Wildman–Crippen MR) is 93.7 cm³/mol. The minimum Gasteiger partial charge on any atom is -0.351 e. The Bertz CT molecular complexity index is 802. The highest BCUT2D eigenvalue weighted by Crippen LogP contribution is 2.17. The summed E-state index contributed by atoms with van der Waals surface area (Å²) in [6.45, 7) is 4.10. The lowest BCUT2D eigenvalue weighted by atomic mass is 10.2. The first-order valence-electron chi connectivity index (χ1n) is 8.29. The number of nitrogens with one attached hydrogen (secondary N) is 1. The highest BCUT2D eigenvalue weighted by molar-refractivity contribution is 5.98. The standard InChI is InChI=1S/C19H20N4O/c24-19(18-13-15-5-1-2-7-17(15)21-18)23-11-9-22(10-12-23)14-16-6-3-4-8-20-16/h1-8,13,21H,9-12,14H2. The molecule has 1 aromatic carbocycles. The van der Waals surface area contributed by atoms with Gasteiger partial charge in [0.1, 0.15) is 5.69 Å². The number of para-hydroxylation sites is 1. The Morgan fingerprint density at radius 2 is 1.83 bits per heavy atom. The number of rotatable bonds is 3. The van der Waals surface area contributed by atoms with Crippen molar-refractivity contribution >= 4 is 16.8 Å². The molecule has 1 N–H and O–H groups in total. The molecule has 122 valence electrons. The summed E-state index contributed by atoms with van der Waals surface area (Å²) >= 11 is 0. The lowest BCUT2D eigenvalue weighted by Crippen LogP contribution is -2.48. The molecular weight excluding hydrogens is 300 g/mol. The number of piperazine rings is 1. The molecule has 5 nitrogen and oxygen atoms in total. The zero-order chi connectivity index (χ0) is 16.4. The maximum atomic E-state index is 12.7. The monoisotopic (exact) mass is 320 g/mol. The SMILES string of the molecule is O=C(c1cc2ccccc2[nH]1)N1CCN(Cc2ccccn2)CC1. The number of nitrogens with zero attached hydrogens (tertiary/aromatic N) is 3. The Hall–Kier alpha value is -2.66. The molecule has 0 atom stereocenters. The van der Waals surface area contributed by atoms with Crippen molar-refractivity contribution in [3.05, 3.63) is 66.1 Å². The van der Waals surface area contributed by atoms with Gasteiger partial charge in [0, 0.05) is 49.8 Å². The third kappa shape index (κ3) is 3.03. The average molecular weight is 320 g/mol. The van der Waals surface area contributed by atoms with E-state index in [4.69, 9.17) is 0 Å². The van der Waals surface area contributed by atoms with E-state index in [1.165, 1.54) is 0 Å². The van der Waals surface area contributed by atoms with Crippen molar-refractivity contribution in [2.45, 2.75) is 6.54 Å². The van der Waals surface area contributed by atoms with Crippen molar-refractivity contribution in [1.29, 1.82) is 0 Å². The van der Waals surface area contributed by atoms with Gasteiger partial charge in [0.2, 0.25) is 0 Å². The summed E-state index contributed by atoms with van der Waals surface area (Å²) in [6, 6.07) is 15.9. The second kappa shape index (κ2) is 6.45. The summed E-state index contributed by atoms with van der Waals surface area (Å²) in [5, 5.41) is 1.08. The first-order valence-corrected chi connectivity index (χ1v) is 8.29. The summed E-state index contributed by atoms with van der Waals surface area (Å²) in [7, 11) is 0. The molecule has 5 heteroatoms. The van der Waals surface area contributed by atoms with Crippen LogP contribution in [-0.4, -0.2) is 51.9 Å². The fourth-order valence-electron chi connectivity index (χ4n) is 3.19. The van der Waals surface area contributed by atoms with E-state index in [2.05, 4.69) is 14.9 Å². The van der Waals surface area contributed by atoms with Gasteiger partial charge in [-0.1, -0.05) is 24.3 Å². The van der Waals surface area contributed by atoms with Gasteiger partial charge in [-0.2, -0.15) is 0 Å². The van der Waals surface area contributed by atoms with E-state index in [9.17, 15) is 4.79 Å². The molecule has 1 fully saturated rings. The van der Waals surface area contributed by atoms with Crippen molar-refractivity contribution in [2.75, 3.05) is 26.2 Å². The lowest BCUT2D eigenvalue weighted by Gasteiger charge is -2.34. The largest absolute Gasteiger partial charge is 0.351 e. The van der Waals surface area contributed by atoms with E-state index < -0.39 is 0 Å². The number of amides is 1. The third-order valence-corrected chi connectivity index (χ3v) is 4.53. The molecule has 2 aromatic heterocycles. The van der Waals surface area contributed by atoms with Crippen LogP contribution in [0.5, 0.6) is 0 Å². The van der Waals surface area contributed by atoms with Gasteiger partial charge in [0.15, 0.2) is 0 Å². The maximum absolute atomic E-state index is 12.7. The number of carbonyl (C=O) groups excluding carboxylic acids is 1. The van der Waals surface area contributed by atoms with E-state index in [1.54, 1.807) is 0 Å². The Kier molecular flexibility index (Phi) is 4.01. The van der Waals surface area contributed by atoms with Crippen molar-refractivity contribution in [3.8, 4) is 0 Å². The second-order valence-electron chi connectivity index (χ2n) is 6.16. The number of carbonyl (C=O) groups is 1. The first kappa shape index (κ1) is 14.9. The minimum atomic E-state index is 0.0867. The summed E-state index contributed by atoms with van der Waals surface area (Å²) in [6.07, 6.45) is 1.82. The summed E-state index contributed by atoms with van der Waals surface area (Å²) < 4.78 is 0. The zero-order valence-corrected chi connectivity index (χ0v) is 13.5. The van der Waals surface area contributed by atoms with Crippen LogP contribution >= 0.6 is 0 Å². The molecule has 0 radical (unpaired) electrons. The number of aromatic nitrogens is 2. The van der Waals surface area contributed by atoms with Crippen molar-refractivity contribution in [1.82, 2.24) is 19.8 Å². The smallest absolute Gasteiger partial charge is 0.270 e. The first-order chi connectivity index (χ1) is 11.8. The molecule has 0 bridgehead atoms. The molecule has 1 amide bonds. The maximum Gasteiger partial charge on any atom is 0.270 e. The van der Waals surface area contributed by atoms with Gasteiger partial charge >= 0.3 is 0 Å². The van der Waals surface area contributed by atoms with Gasteiger partial charge in [-0.25, -0.2) is 0 Å². The van der Waals surface area contributed by atoms with Crippen LogP contribution in [0.2, 0.25) is 0 Å². The quantitative estimate of drug-likeness (QED) is 0.807. The molecule has 0 spiro atoms. The van der Waals surface area contributed by atoms with Crippen LogP contribution < -0.4 is 0 Å². The van der Waals surface area contributed by atoms with Crippen LogP contribution in [0.15, 0.2) is 54.7 Å². The molecule has 24 heavy (non-hydrogen) atoms. The molecule has 3 heterocycles. The average Bonchev–Trinajstić information content (AvgIpc) is 3.07. The summed E-state index contributed by atoms with van der Waals surface area (Å²) in [5.74, 6) is 0.0867. The second-order valence-corrected chi connectivity index (χ2v) is 6.16. The zero-order valence-electron chi connectivity index (χ0n) is 13.5. The van der Waals surface area contributed by atoms with Crippen molar-refractivity contribution < 1.29 is 4.79 Å². The van der Waals surface area contributed by atoms with E-state index >= 15 is 0 Å². The molecule has 1 aliphatic heterocycles. The van der Waals surface area contributed by atoms with E-state index in [-0.39, 0.29) is 5.91 Å². The molecule has 1 saturated heterocycles. The number of hydrogen-bond acceptors (Lipinski definition) is 3. The number of benzene rings is 1. The van der Waals surface area contributed by atoms with E-state index in [1.807, 2.05) is 59.6 Å². The van der Waals surface area contributed by atoms with Crippen LogP contribution in [0.25, 0.3) is 10.9 Å². The molecular formula is C19H20N4O. The molecule has 0 aliphatic carbocycles. The van der Waals surface area contributed by atoms with Crippen molar-refractivity contribution in [2.24, 2.45) is 0 Å². The van der Waals surface area contributed by atoms with Gasteiger partial charge in [0.25, 0.3) is 5.91 Å². The number of pyridine rings is 1. The van der Waals surface area contributed by atoms with Gasteiger partial charge in [-0.05, 0) is 24.3 Å². The van der Waals surface area contributed by atoms with E-state index in [0.29, 0.717) is 5.69 Å². The molecule has 0 unspecified atom stereocenters. The minimum absolute atomic E-state index is 0.0867. The Morgan fingerprint density at radius 3 is 2.58 bits per heavy atom. The molecule has 0 saturated carbocycles. The van der Waals surface area contributed by atoms with Gasteiger partial charge < -0.3 is 9.88 Å². The Morgan fingerprint density at radius 1 is 1.04 bits per heavy atom. The highest BCUT2D eigenvalue weighted by atomic mass is 16.2. The van der Waals surface area contributed by atoms with Crippen LogP contribution in [-0.2, 0) is 6.54 Å². The number of hydrogen-bond donors (Lipinski definition) is 1. The van der Waals surface area contributed by atoms with Gasteiger partial charge in [-0.15, -0.1) is 0 Å². The Labute approximate surface area is 140 Å². The van der Waals surface area contributed by atoms with E-state index in [0.717, 1.165) is 49.3 Å². The van der Waals surface area contributed by atoms with Crippen molar-refractivity contribution in [3.63, 3.8) is 0 Å². The van der Waals surface area contributed by atoms with Gasteiger partial charge in [-0.3, -0.25) is 14.7 Å². The summed E-state index contributed by atoms with van der Waals surface area (Å²) in [5.41, 5.74) is 2.76. The third-order valence-electron chi connectivity index (χ3n) is 4.53. The Balaban J connectivity index is 1.39. The molecule has 3 aromatic rings. The lowest BCUT2D eigenvalue weighted by molar-refractivity contribution is 0.0622. The summed E-state index contributed by atoms with van der Waals surface area (Å²) in [4.78, 5) is 24.6. The predicted octanol–water partition coefficient (Wildman–Crippen LogP) is 2.52. The topological polar surface area (TPSA) is 52.2 Å². The fraction of sp³-hybridized carbons (Fsp3) is 0.263. The number of H-pyrrole nitrogens is 1. The molecule has 1 aliphatic rings. The van der Waals surface area contributed by atoms with Crippen LogP contribution in [0.1, 0.15) is 16.2 Å². The normalized spacial score (nSPS) is 15.8. The number of aromatic amines is 1. The fourth-order valence-corrected chi connectivity index (χ4v) is 3.19. The highest BCUT2D eigenvalue weighted by Gasteiger charge is 2.23. The van der Waals surface area contributed by atoms with Crippen LogP contribution in [0.4, 0.5) is 0 Å².